The van der Waals surface area contributed by atoms with E-state index in [0.717, 1.165) is 16.8 Å². The second-order valence-corrected chi connectivity index (χ2v) is 9.48. The smallest absolute Gasteiger partial charge is 0.330 e. The molecule has 12 heteroatoms. The van der Waals surface area contributed by atoms with Gasteiger partial charge in [0.15, 0.2) is 12.4 Å². The van der Waals surface area contributed by atoms with Crippen LogP contribution in [-0.2, 0) is 13.8 Å². The summed E-state index contributed by atoms with van der Waals surface area (Å²) in [6.45, 7) is 15.5. The molecule has 1 N–H and O–H groups in total. The first-order valence-corrected chi connectivity index (χ1v) is 11.7. The van der Waals surface area contributed by atoms with Gasteiger partial charge in [-0.15, -0.1) is 0 Å². The number of hydrogen-bond acceptors (Lipinski definition) is 6. The van der Waals surface area contributed by atoms with Crippen molar-refractivity contribution in [2.45, 2.75) is 77.2 Å². The zero-order chi connectivity index (χ0) is 24.1. The number of nitrogens with zero attached hydrogens (tertiary/aromatic N) is 3. The Labute approximate surface area is 187 Å². The van der Waals surface area contributed by atoms with Gasteiger partial charge < -0.3 is 18.6 Å². The van der Waals surface area contributed by atoms with Crippen molar-refractivity contribution in [3.05, 3.63) is 44.5 Å². The maximum absolute atomic E-state index is 15.7. The molecular weight excluding hydrogens is 445 g/mol. The molecule has 32 heavy (non-hydrogen) atoms. The molecule has 2 rings (SSSR count). The Bertz CT molecular complexity index is 891. The number of ether oxygens (including phenoxy) is 1. The summed E-state index contributed by atoms with van der Waals surface area (Å²) in [5.74, 6) is 0. The summed E-state index contributed by atoms with van der Waals surface area (Å²) in [6, 6.07) is 0.996. The summed E-state index contributed by atoms with van der Waals surface area (Å²) < 4.78 is 50.5. The number of halogens is 2. The van der Waals surface area contributed by atoms with Crippen LogP contribution in [0.4, 0.5) is 8.78 Å². The summed E-state index contributed by atoms with van der Waals surface area (Å²) in [7, 11) is -1.86. The third-order valence-electron chi connectivity index (χ3n) is 5.24. The van der Waals surface area contributed by atoms with Gasteiger partial charge in [0.05, 0.1) is 0 Å². The van der Waals surface area contributed by atoms with E-state index in [4.69, 9.17) is 20.4 Å². The average Bonchev–Trinajstić information content (AvgIpc) is 3.00. The summed E-state index contributed by atoms with van der Waals surface area (Å²) in [5.41, 5.74) is -3.15. The highest BCUT2D eigenvalue weighted by Gasteiger charge is 2.58. The van der Waals surface area contributed by atoms with E-state index in [1.165, 1.54) is 0 Å². The van der Waals surface area contributed by atoms with Crippen molar-refractivity contribution in [3.63, 3.8) is 0 Å². The molecule has 0 aliphatic carbocycles. The van der Waals surface area contributed by atoms with E-state index >= 15 is 4.39 Å². The second-order valence-electron chi connectivity index (χ2n) is 8.07. The minimum absolute atomic E-state index is 0.0338. The van der Waals surface area contributed by atoms with E-state index in [0.29, 0.717) is 0 Å². The van der Waals surface area contributed by atoms with Crippen LogP contribution in [-0.4, -0.2) is 64.0 Å². The lowest BCUT2D eigenvalue weighted by molar-refractivity contribution is -0.114. The number of hydrogen-bond donors (Lipinski definition) is 1. The van der Waals surface area contributed by atoms with E-state index in [1.807, 2.05) is 32.4 Å². The summed E-state index contributed by atoms with van der Waals surface area (Å²) in [5, 5.41) is 0. The normalized spacial score (nSPS) is 26.7. The van der Waals surface area contributed by atoms with Crippen LogP contribution in [0, 0.1) is 6.57 Å². The van der Waals surface area contributed by atoms with Crippen molar-refractivity contribution >= 4 is 8.53 Å². The zero-order valence-corrected chi connectivity index (χ0v) is 19.9. The molecule has 0 bridgehead atoms. The predicted octanol–water partition coefficient (Wildman–Crippen LogP) is 3.19. The second kappa shape index (κ2) is 11.4. The summed E-state index contributed by atoms with van der Waals surface area (Å²) in [4.78, 5) is 28.9. The Hall–Kier alpha value is -1.70. The Morgan fingerprint density at radius 2 is 2.03 bits per heavy atom. The Kier molecular flexibility index (Phi) is 9.49. The van der Waals surface area contributed by atoms with Gasteiger partial charge in [-0.2, -0.15) is 0 Å². The minimum Gasteiger partial charge on any atom is -0.343 e. The van der Waals surface area contributed by atoms with Gasteiger partial charge in [0.1, 0.15) is 25.0 Å². The van der Waals surface area contributed by atoms with E-state index in [1.54, 1.807) is 6.92 Å². The fourth-order valence-electron chi connectivity index (χ4n) is 3.68. The molecule has 2 heterocycles. The lowest BCUT2D eigenvalue weighted by Gasteiger charge is -2.39. The highest BCUT2D eigenvalue weighted by atomic mass is 31.2. The van der Waals surface area contributed by atoms with Crippen molar-refractivity contribution in [2.75, 3.05) is 19.8 Å². The number of aromatic amines is 1. The lowest BCUT2D eigenvalue weighted by atomic mass is 9.94. The molecule has 1 aliphatic rings. The Morgan fingerprint density at radius 1 is 1.38 bits per heavy atom. The Morgan fingerprint density at radius 3 is 2.53 bits per heavy atom. The molecule has 0 radical (unpaired) electrons. The molecule has 180 valence electrons. The predicted molar refractivity (Wildman–Crippen MR) is 117 cm³/mol. The molecule has 0 saturated carbocycles. The van der Waals surface area contributed by atoms with Gasteiger partial charge in [-0.1, -0.05) is 6.92 Å². The van der Waals surface area contributed by atoms with Crippen LogP contribution in [0.3, 0.4) is 0 Å². The first-order valence-electron chi connectivity index (χ1n) is 10.5. The molecule has 0 amide bonds. The van der Waals surface area contributed by atoms with E-state index in [2.05, 4.69) is 9.83 Å². The SMILES string of the molecule is [C-]#[N+]CCOP(O[C@H]1[C@@H](F)C(n2ccc(=O)[nH]c2=O)O[C@@]1(CC)CF)N(C(C)C)C(C)C. The first-order chi connectivity index (χ1) is 15.1. The van der Waals surface area contributed by atoms with Crippen molar-refractivity contribution in [1.29, 1.82) is 0 Å². The van der Waals surface area contributed by atoms with Crippen LogP contribution in [0.25, 0.3) is 4.85 Å². The van der Waals surface area contributed by atoms with Crippen molar-refractivity contribution in [3.8, 4) is 0 Å². The van der Waals surface area contributed by atoms with Gasteiger partial charge in [-0.25, -0.2) is 24.8 Å². The monoisotopic (exact) mass is 476 g/mol. The van der Waals surface area contributed by atoms with Gasteiger partial charge in [0, 0.05) is 24.3 Å². The molecule has 1 aliphatic heterocycles. The highest BCUT2D eigenvalue weighted by molar-refractivity contribution is 7.44. The molecule has 1 aromatic rings. The molecule has 0 aromatic carbocycles. The fraction of sp³-hybridized carbons (Fsp3) is 0.750. The molecule has 1 aromatic heterocycles. The zero-order valence-electron chi connectivity index (χ0n) is 19.0. The molecule has 1 fully saturated rings. The lowest BCUT2D eigenvalue weighted by Crippen LogP contribution is -2.46. The van der Waals surface area contributed by atoms with Gasteiger partial charge in [0.25, 0.3) is 14.1 Å². The molecule has 0 spiro atoms. The van der Waals surface area contributed by atoms with E-state index < -0.39 is 50.6 Å². The number of rotatable bonds is 11. The standard InChI is InChI=1S/C20H31F2N4O5P/c1-7-20(12-21)17(16(22)18(30-20)25-10-8-15(27)24-19(25)28)31-32(29-11-9-23-6)26(13(2)3)14(4)5/h8,10,13-14,16-18H,7,9,11-12H2,1-5H3,(H,24,27,28)/t16-,17+,18?,20+,32?/m1/s1. The third-order valence-corrected chi connectivity index (χ3v) is 7.35. The van der Waals surface area contributed by atoms with Crippen molar-refractivity contribution in [2.24, 2.45) is 0 Å². The molecule has 5 atom stereocenters. The minimum atomic E-state index is -1.91. The fourth-order valence-corrected chi connectivity index (χ4v) is 5.48. The van der Waals surface area contributed by atoms with Gasteiger partial charge >= 0.3 is 5.69 Å². The molecule has 1 saturated heterocycles. The average molecular weight is 476 g/mol. The van der Waals surface area contributed by atoms with Gasteiger partial charge in [-0.3, -0.25) is 14.3 Å². The highest BCUT2D eigenvalue weighted by Crippen LogP contribution is 2.53. The van der Waals surface area contributed by atoms with E-state index in [-0.39, 0.29) is 31.7 Å². The molecular formula is C20H31F2N4O5P. The number of alkyl halides is 2. The first kappa shape index (κ1) is 26.6. The van der Waals surface area contributed by atoms with Crippen molar-refractivity contribution < 1.29 is 22.6 Å². The maximum Gasteiger partial charge on any atom is 0.330 e. The van der Waals surface area contributed by atoms with Crippen LogP contribution in [0.15, 0.2) is 21.9 Å². The number of aromatic nitrogens is 2. The Balaban J connectivity index is 2.43. The van der Waals surface area contributed by atoms with Crippen LogP contribution in [0.5, 0.6) is 0 Å². The summed E-state index contributed by atoms with van der Waals surface area (Å²) >= 11 is 0. The maximum atomic E-state index is 15.7. The number of H-pyrrole nitrogens is 1. The van der Waals surface area contributed by atoms with Crippen LogP contribution < -0.4 is 11.2 Å². The summed E-state index contributed by atoms with van der Waals surface area (Å²) in [6.07, 6.45) is -3.57. The van der Waals surface area contributed by atoms with Crippen LogP contribution in [0.2, 0.25) is 0 Å². The largest absolute Gasteiger partial charge is 0.343 e. The number of nitrogens with one attached hydrogen (secondary N) is 1. The van der Waals surface area contributed by atoms with Crippen molar-refractivity contribution in [1.82, 2.24) is 14.2 Å². The van der Waals surface area contributed by atoms with E-state index in [9.17, 15) is 14.0 Å². The van der Waals surface area contributed by atoms with Crippen LogP contribution in [0.1, 0.15) is 47.3 Å². The topological polar surface area (TPSA) is 90.2 Å². The third kappa shape index (κ3) is 5.61. The molecule has 9 nitrogen and oxygen atoms in total. The molecule has 2 unspecified atom stereocenters. The van der Waals surface area contributed by atoms with Crippen LogP contribution >= 0.6 is 8.53 Å². The van der Waals surface area contributed by atoms with Gasteiger partial charge in [-0.05, 0) is 34.1 Å². The van der Waals surface area contributed by atoms with Gasteiger partial charge in [0.2, 0.25) is 6.54 Å². The quantitative estimate of drug-likeness (QED) is 0.300.